The number of aromatic nitrogens is 1. The van der Waals surface area contributed by atoms with E-state index in [4.69, 9.17) is 4.42 Å². The topological polar surface area (TPSA) is 38.1 Å². The van der Waals surface area contributed by atoms with E-state index in [1.165, 1.54) is 18.4 Å². The lowest BCUT2D eigenvalue weighted by molar-refractivity contribution is 0.421. The highest BCUT2D eigenvalue weighted by molar-refractivity contribution is 7.99. The van der Waals surface area contributed by atoms with Gasteiger partial charge in [0.2, 0.25) is 0 Å². The molecule has 0 bridgehead atoms. The zero-order chi connectivity index (χ0) is 15.6. The lowest BCUT2D eigenvalue weighted by Gasteiger charge is -2.20. The van der Waals surface area contributed by atoms with Crippen molar-refractivity contribution in [3.05, 3.63) is 41.3 Å². The van der Waals surface area contributed by atoms with Crippen molar-refractivity contribution in [2.45, 2.75) is 49.9 Å². The lowest BCUT2D eigenvalue weighted by atomic mass is 10.1. The fraction of sp³-hybridized carbons (Fsp3) is 0.400. The van der Waals surface area contributed by atoms with Crippen molar-refractivity contribution >= 4 is 11.8 Å². The average molecular weight is 312 g/mol. The SMILES string of the molecule is Cc1coc(Sc2c(F)cc(CNC(C)(C)C)cc2F)n1. The minimum atomic E-state index is -0.610. The average Bonchev–Trinajstić information content (AvgIpc) is 2.76. The van der Waals surface area contributed by atoms with Gasteiger partial charge in [0.15, 0.2) is 0 Å². The Morgan fingerprint density at radius 2 is 1.86 bits per heavy atom. The second kappa shape index (κ2) is 6.15. The molecule has 21 heavy (non-hydrogen) atoms. The summed E-state index contributed by atoms with van der Waals surface area (Å²) < 4.78 is 33.2. The maximum atomic E-state index is 14.1. The van der Waals surface area contributed by atoms with Gasteiger partial charge in [0.1, 0.15) is 17.9 Å². The molecule has 0 saturated carbocycles. The van der Waals surface area contributed by atoms with Crippen LogP contribution >= 0.6 is 11.8 Å². The van der Waals surface area contributed by atoms with Crippen LogP contribution in [0.25, 0.3) is 0 Å². The van der Waals surface area contributed by atoms with Crippen LogP contribution in [0.15, 0.2) is 32.9 Å². The van der Waals surface area contributed by atoms with Crippen LogP contribution in [0.2, 0.25) is 0 Å². The molecule has 0 aliphatic rings. The van der Waals surface area contributed by atoms with Crippen LogP contribution in [0.1, 0.15) is 32.0 Å². The molecule has 3 nitrogen and oxygen atoms in total. The molecular weight excluding hydrogens is 294 g/mol. The number of rotatable bonds is 4. The summed E-state index contributed by atoms with van der Waals surface area (Å²) in [6.07, 6.45) is 1.44. The van der Waals surface area contributed by atoms with Crippen LogP contribution < -0.4 is 5.32 Å². The van der Waals surface area contributed by atoms with Crippen molar-refractivity contribution in [1.29, 1.82) is 0 Å². The Morgan fingerprint density at radius 3 is 2.33 bits per heavy atom. The van der Waals surface area contributed by atoms with Crippen LogP contribution in [0, 0.1) is 18.6 Å². The number of aryl methyl sites for hydroxylation is 1. The van der Waals surface area contributed by atoms with E-state index < -0.39 is 11.6 Å². The molecule has 2 rings (SSSR count). The molecule has 0 aliphatic carbocycles. The molecule has 0 unspecified atom stereocenters. The smallest absolute Gasteiger partial charge is 0.260 e. The molecule has 1 heterocycles. The number of hydrogen-bond acceptors (Lipinski definition) is 4. The first-order valence-corrected chi connectivity index (χ1v) is 7.39. The second-order valence-electron chi connectivity index (χ2n) is 5.85. The summed E-state index contributed by atoms with van der Waals surface area (Å²) in [5.41, 5.74) is 1.12. The highest BCUT2D eigenvalue weighted by Crippen LogP contribution is 2.32. The predicted octanol–water partition coefficient (Wildman–Crippen LogP) is 4.30. The molecule has 1 aromatic heterocycles. The van der Waals surface area contributed by atoms with Gasteiger partial charge in [0.05, 0.1) is 10.6 Å². The van der Waals surface area contributed by atoms with Crippen molar-refractivity contribution in [3.63, 3.8) is 0 Å². The van der Waals surface area contributed by atoms with E-state index in [0.717, 1.165) is 11.8 Å². The first-order valence-electron chi connectivity index (χ1n) is 6.57. The molecule has 0 radical (unpaired) electrons. The zero-order valence-electron chi connectivity index (χ0n) is 12.5. The molecule has 1 N–H and O–H groups in total. The van der Waals surface area contributed by atoms with E-state index in [-0.39, 0.29) is 15.7 Å². The van der Waals surface area contributed by atoms with Crippen molar-refractivity contribution in [2.24, 2.45) is 0 Å². The summed E-state index contributed by atoms with van der Waals surface area (Å²) in [4.78, 5) is 3.93. The molecule has 0 fully saturated rings. The first-order chi connectivity index (χ1) is 9.74. The van der Waals surface area contributed by atoms with Gasteiger partial charge in [-0.15, -0.1) is 0 Å². The number of benzene rings is 1. The van der Waals surface area contributed by atoms with Crippen LogP contribution in [0.4, 0.5) is 8.78 Å². The zero-order valence-corrected chi connectivity index (χ0v) is 13.3. The van der Waals surface area contributed by atoms with Gasteiger partial charge >= 0.3 is 0 Å². The van der Waals surface area contributed by atoms with Gasteiger partial charge in [0.25, 0.3) is 5.22 Å². The maximum Gasteiger partial charge on any atom is 0.260 e. The van der Waals surface area contributed by atoms with E-state index >= 15 is 0 Å². The number of hydrogen-bond donors (Lipinski definition) is 1. The van der Waals surface area contributed by atoms with Crippen molar-refractivity contribution in [2.75, 3.05) is 0 Å². The van der Waals surface area contributed by atoms with Gasteiger partial charge in [-0.1, -0.05) is 0 Å². The summed E-state index contributed by atoms with van der Waals surface area (Å²) in [5, 5.41) is 3.42. The first kappa shape index (κ1) is 16.0. The summed E-state index contributed by atoms with van der Waals surface area (Å²) in [6, 6.07) is 2.67. The summed E-state index contributed by atoms with van der Waals surface area (Å²) in [7, 11) is 0. The van der Waals surface area contributed by atoms with Gasteiger partial charge in [-0.2, -0.15) is 0 Å². The summed E-state index contributed by atoms with van der Waals surface area (Å²) >= 11 is 0.846. The Bertz CT molecular complexity index is 612. The second-order valence-corrected chi connectivity index (χ2v) is 6.81. The Morgan fingerprint density at radius 1 is 1.24 bits per heavy atom. The quantitative estimate of drug-likeness (QED) is 0.913. The third-order valence-electron chi connectivity index (χ3n) is 2.67. The number of nitrogens with one attached hydrogen (secondary N) is 1. The van der Waals surface area contributed by atoms with Gasteiger partial charge in [-0.3, -0.25) is 0 Å². The fourth-order valence-electron chi connectivity index (χ4n) is 1.65. The molecule has 0 amide bonds. The molecule has 2 aromatic rings. The Labute approximate surface area is 127 Å². The minimum absolute atomic E-state index is 0.101. The van der Waals surface area contributed by atoms with Crippen molar-refractivity contribution in [3.8, 4) is 0 Å². The van der Waals surface area contributed by atoms with Crippen LogP contribution in [0.3, 0.4) is 0 Å². The highest BCUT2D eigenvalue weighted by Gasteiger charge is 2.16. The van der Waals surface area contributed by atoms with E-state index in [1.807, 2.05) is 20.8 Å². The largest absolute Gasteiger partial charge is 0.439 e. The van der Waals surface area contributed by atoms with Crippen LogP contribution in [-0.4, -0.2) is 10.5 Å². The van der Waals surface area contributed by atoms with Gasteiger partial charge in [0, 0.05) is 12.1 Å². The van der Waals surface area contributed by atoms with Crippen molar-refractivity contribution in [1.82, 2.24) is 10.3 Å². The normalized spacial score (nSPS) is 11.9. The molecule has 0 saturated heterocycles. The summed E-state index contributed by atoms with van der Waals surface area (Å²) in [5.74, 6) is -1.22. The Kier molecular flexibility index (Phi) is 4.68. The Balaban J connectivity index is 2.17. The molecule has 0 spiro atoms. The molecule has 114 valence electrons. The van der Waals surface area contributed by atoms with E-state index in [0.29, 0.717) is 17.8 Å². The van der Waals surface area contributed by atoms with Gasteiger partial charge in [-0.25, -0.2) is 13.8 Å². The number of oxazole rings is 1. The highest BCUT2D eigenvalue weighted by atomic mass is 32.2. The van der Waals surface area contributed by atoms with Crippen LogP contribution in [-0.2, 0) is 6.54 Å². The lowest BCUT2D eigenvalue weighted by Crippen LogP contribution is -2.35. The molecular formula is C15H18F2N2OS. The van der Waals surface area contributed by atoms with Crippen molar-refractivity contribution < 1.29 is 13.2 Å². The standard InChI is InChI=1S/C15H18F2N2OS/c1-9-8-20-14(19-9)21-13-11(16)5-10(6-12(13)17)7-18-15(2,3)4/h5-6,8,18H,7H2,1-4H3. The van der Waals surface area contributed by atoms with E-state index in [1.54, 1.807) is 6.92 Å². The van der Waals surface area contributed by atoms with E-state index in [9.17, 15) is 8.78 Å². The predicted molar refractivity (Wildman–Crippen MR) is 78.3 cm³/mol. The number of nitrogens with zero attached hydrogens (tertiary/aromatic N) is 1. The van der Waals surface area contributed by atoms with E-state index in [2.05, 4.69) is 10.3 Å². The number of halogens is 2. The third-order valence-corrected chi connectivity index (χ3v) is 3.62. The molecule has 6 heteroatoms. The van der Waals surface area contributed by atoms with Crippen LogP contribution in [0.5, 0.6) is 0 Å². The van der Waals surface area contributed by atoms with Gasteiger partial charge < -0.3 is 9.73 Å². The monoisotopic (exact) mass is 312 g/mol. The summed E-state index contributed by atoms with van der Waals surface area (Å²) in [6.45, 7) is 8.14. The minimum Gasteiger partial charge on any atom is -0.439 e. The Hall–Kier alpha value is -1.40. The molecule has 0 atom stereocenters. The molecule has 1 aromatic carbocycles. The molecule has 0 aliphatic heterocycles. The maximum absolute atomic E-state index is 14.1. The van der Waals surface area contributed by atoms with Gasteiger partial charge in [-0.05, 0) is 57.2 Å². The fourth-order valence-corrected chi connectivity index (χ4v) is 2.42. The third kappa shape index (κ3) is 4.54.